The lowest BCUT2D eigenvalue weighted by molar-refractivity contribution is 0.123. The highest BCUT2D eigenvalue weighted by atomic mass is 15.2. The molecule has 19 heavy (non-hydrogen) atoms. The number of nitrogens with one attached hydrogen (secondary N) is 1. The molecule has 1 fully saturated rings. The minimum absolute atomic E-state index is 0.445. The molecule has 2 nitrogen and oxygen atoms in total. The molecule has 1 atom stereocenters. The van der Waals surface area contributed by atoms with E-state index in [2.05, 4.69) is 62.3 Å². The molecule has 1 saturated heterocycles. The quantitative estimate of drug-likeness (QED) is 0.893. The standard InChI is InChI=1S/C17H28N2/c1-14-6-5-7-15(12-14)16(18-4)13-19-10-8-17(2,3)9-11-19/h5-7,12,16,18H,8-11,13H2,1-4H3. The van der Waals surface area contributed by atoms with E-state index < -0.39 is 0 Å². The van der Waals surface area contributed by atoms with Crippen LogP contribution in [0.1, 0.15) is 43.9 Å². The van der Waals surface area contributed by atoms with E-state index in [0.717, 1.165) is 6.54 Å². The van der Waals surface area contributed by atoms with Crippen molar-refractivity contribution in [3.05, 3.63) is 35.4 Å². The van der Waals surface area contributed by atoms with Gasteiger partial charge in [-0.1, -0.05) is 43.7 Å². The second kappa shape index (κ2) is 6.06. The van der Waals surface area contributed by atoms with Gasteiger partial charge < -0.3 is 10.2 Å². The lowest BCUT2D eigenvalue weighted by Gasteiger charge is -2.38. The molecule has 0 aromatic heterocycles. The van der Waals surface area contributed by atoms with Crippen LogP contribution in [-0.2, 0) is 0 Å². The number of likely N-dealkylation sites (tertiary alicyclic amines) is 1. The van der Waals surface area contributed by atoms with Gasteiger partial charge in [0, 0.05) is 12.6 Å². The molecule has 2 heteroatoms. The maximum atomic E-state index is 3.47. The number of nitrogens with zero attached hydrogens (tertiary/aromatic N) is 1. The number of hydrogen-bond acceptors (Lipinski definition) is 2. The van der Waals surface area contributed by atoms with E-state index in [0.29, 0.717) is 11.5 Å². The van der Waals surface area contributed by atoms with Crippen LogP contribution in [0.5, 0.6) is 0 Å². The zero-order valence-corrected chi connectivity index (χ0v) is 12.9. The second-order valence-electron chi connectivity index (χ2n) is 6.72. The van der Waals surface area contributed by atoms with Crippen LogP contribution in [0.25, 0.3) is 0 Å². The van der Waals surface area contributed by atoms with Crippen molar-refractivity contribution in [1.82, 2.24) is 10.2 Å². The number of benzene rings is 1. The van der Waals surface area contributed by atoms with Gasteiger partial charge in [-0.2, -0.15) is 0 Å². The summed E-state index contributed by atoms with van der Waals surface area (Å²) in [5, 5.41) is 3.47. The van der Waals surface area contributed by atoms with Crippen molar-refractivity contribution in [2.24, 2.45) is 5.41 Å². The number of aryl methyl sites for hydroxylation is 1. The summed E-state index contributed by atoms with van der Waals surface area (Å²) in [6, 6.07) is 9.31. The highest BCUT2D eigenvalue weighted by Gasteiger charge is 2.26. The van der Waals surface area contributed by atoms with E-state index in [9.17, 15) is 0 Å². The van der Waals surface area contributed by atoms with Gasteiger partial charge in [-0.3, -0.25) is 0 Å². The third kappa shape index (κ3) is 4.05. The van der Waals surface area contributed by atoms with E-state index in [4.69, 9.17) is 0 Å². The molecular weight excluding hydrogens is 232 g/mol. The molecular formula is C17H28N2. The molecule has 0 amide bonds. The van der Waals surface area contributed by atoms with Crippen LogP contribution >= 0.6 is 0 Å². The van der Waals surface area contributed by atoms with Gasteiger partial charge in [-0.05, 0) is 50.9 Å². The van der Waals surface area contributed by atoms with Gasteiger partial charge in [0.05, 0.1) is 0 Å². The monoisotopic (exact) mass is 260 g/mol. The minimum atomic E-state index is 0.445. The predicted octanol–water partition coefficient (Wildman–Crippen LogP) is 3.38. The highest BCUT2D eigenvalue weighted by Crippen LogP contribution is 2.30. The lowest BCUT2D eigenvalue weighted by atomic mass is 9.82. The van der Waals surface area contributed by atoms with Gasteiger partial charge in [-0.25, -0.2) is 0 Å². The normalized spacial score (nSPS) is 21.3. The summed E-state index contributed by atoms with van der Waals surface area (Å²) >= 11 is 0. The van der Waals surface area contributed by atoms with E-state index >= 15 is 0 Å². The summed E-state index contributed by atoms with van der Waals surface area (Å²) in [5.74, 6) is 0. The molecule has 1 aromatic carbocycles. The van der Waals surface area contributed by atoms with Crippen LogP contribution in [0.4, 0.5) is 0 Å². The van der Waals surface area contributed by atoms with Crippen molar-refractivity contribution >= 4 is 0 Å². The Labute approximate surface area is 118 Å². The van der Waals surface area contributed by atoms with Crippen LogP contribution < -0.4 is 5.32 Å². The average molecular weight is 260 g/mol. The maximum absolute atomic E-state index is 3.47. The zero-order valence-electron chi connectivity index (χ0n) is 12.9. The Morgan fingerprint density at radius 1 is 1.26 bits per heavy atom. The van der Waals surface area contributed by atoms with Gasteiger partial charge in [0.1, 0.15) is 0 Å². The molecule has 106 valence electrons. The molecule has 0 spiro atoms. The molecule has 1 unspecified atom stereocenters. The number of likely N-dealkylation sites (N-methyl/N-ethyl adjacent to an activating group) is 1. The summed E-state index contributed by atoms with van der Waals surface area (Å²) in [5.41, 5.74) is 3.29. The second-order valence-corrected chi connectivity index (χ2v) is 6.72. The molecule has 1 aliphatic rings. The summed E-state index contributed by atoms with van der Waals surface area (Å²) in [4.78, 5) is 2.61. The molecule has 1 aliphatic heterocycles. The first-order valence-electron chi connectivity index (χ1n) is 7.46. The largest absolute Gasteiger partial charge is 0.312 e. The van der Waals surface area contributed by atoms with Crippen molar-refractivity contribution in [2.45, 2.75) is 39.7 Å². The first-order chi connectivity index (χ1) is 9.00. The van der Waals surface area contributed by atoms with Crippen LogP contribution in [-0.4, -0.2) is 31.6 Å². The van der Waals surface area contributed by atoms with Crippen LogP contribution in [0.3, 0.4) is 0 Å². The summed E-state index contributed by atoms with van der Waals surface area (Å²) in [7, 11) is 2.07. The van der Waals surface area contributed by atoms with E-state index in [1.165, 1.54) is 37.1 Å². The number of rotatable bonds is 4. The van der Waals surface area contributed by atoms with E-state index in [1.54, 1.807) is 0 Å². The van der Waals surface area contributed by atoms with Gasteiger partial charge in [-0.15, -0.1) is 0 Å². The summed E-state index contributed by atoms with van der Waals surface area (Å²) in [6.45, 7) is 10.5. The van der Waals surface area contributed by atoms with Gasteiger partial charge >= 0.3 is 0 Å². The lowest BCUT2D eigenvalue weighted by Crippen LogP contribution is -2.41. The fourth-order valence-corrected chi connectivity index (χ4v) is 2.85. The summed E-state index contributed by atoms with van der Waals surface area (Å²) < 4.78 is 0. The topological polar surface area (TPSA) is 15.3 Å². The van der Waals surface area contributed by atoms with E-state index in [-0.39, 0.29) is 0 Å². The van der Waals surface area contributed by atoms with Gasteiger partial charge in [0.2, 0.25) is 0 Å². The smallest absolute Gasteiger partial charge is 0.0446 e. The van der Waals surface area contributed by atoms with Gasteiger partial charge in [0.25, 0.3) is 0 Å². The molecule has 0 bridgehead atoms. The molecule has 1 aromatic rings. The first kappa shape index (κ1) is 14.5. The third-order valence-electron chi connectivity index (χ3n) is 4.44. The Bertz CT molecular complexity index is 401. The van der Waals surface area contributed by atoms with Crippen LogP contribution in [0.15, 0.2) is 24.3 Å². The van der Waals surface area contributed by atoms with Crippen molar-refractivity contribution in [1.29, 1.82) is 0 Å². The SMILES string of the molecule is CNC(CN1CCC(C)(C)CC1)c1cccc(C)c1. The molecule has 0 radical (unpaired) electrons. The fourth-order valence-electron chi connectivity index (χ4n) is 2.85. The Balaban J connectivity index is 1.97. The maximum Gasteiger partial charge on any atom is 0.0446 e. The Kier molecular flexibility index (Phi) is 4.64. The fraction of sp³-hybridized carbons (Fsp3) is 0.647. The first-order valence-corrected chi connectivity index (χ1v) is 7.46. The zero-order chi connectivity index (χ0) is 13.9. The van der Waals surface area contributed by atoms with Gasteiger partial charge in [0.15, 0.2) is 0 Å². The molecule has 1 N–H and O–H groups in total. The minimum Gasteiger partial charge on any atom is -0.312 e. The average Bonchev–Trinajstić information content (AvgIpc) is 2.37. The van der Waals surface area contributed by atoms with Crippen molar-refractivity contribution in [3.8, 4) is 0 Å². The van der Waals surface area contributed by atoms with Crippen molar-refractivity contribution < 1.29 is 0 Å². The highest BCUT2D eigenvalue weighted by molar-refractivity contribution is 5.25. The number of piperidine rings is 1. The Morgan fingerprint density at radius 2 is 1.95 bits per heavy atom. The summed E-state index contributed by atoms with van der Waals surface area (Å²) in [6.07, 6.45) is 2.63. The van der Waals surface area contributed by atoms with Crippen molar-refractivity contribution in [2.75, 3.05) is 26.7 Å². The molecule has 0 saturated carbocycles. The molecule has 0 aliphatic carbocycles. The third-order valence-corrected chi connectivity index (χ3v) is 4.44. The number of hydrogen-bond donors (Lipinski definition) is 1. The molecule has 1 heterocycles. The Hall–Kier alpha value is -0.860. The molecule has 2 rings (SSSR count). The van der Waals surface area contributed by atoms with Crippen molar-refractivity contribution in [3.63, 3.8) is 0 Å². The predicted molar refractivity (Wildman–Crippen MR) is 82.4 cm³/mol. The van der Waals surface area contributed by atoms with Crippen LogP contribution in [0, 0.1) is 12.3 Å². The Morgan fingerprint density at radius 3 is 2.53 bits per heavy atom. The van der Waals surface area contributed by atoms with E-state index in [1.807, 2.05) is 0 Å². The van der Waals surface area contributed by atoms with Crippen LogP contribution in [0.2, 0.25) is 0 Å².